The van der Waals surface area contributed by atoms with Gasteiger partial charge < -0.3 is 16.4 Å². The molecule has 0 saturated carbocycles. The Morgan fingerprint density at radius 1 is 1.33 bits per heavy atom. The van der Waals surface area contributed by atoms with E-state index in [9.17, 15) is 4.79 Å². The molecular formula is C12H21N5O. The molecule has 0 radical (unpaired) electrons. The number of primary amides is 1. The van der Waals surface area contributed by atoms with Crippen molar-refractivity contribution in [3.05, 3.63) is 11.4 Å². The zero-order chi connectivity index (χ0) is 13.9. The summed E-state index contributed by atoms with van der Waals surface area (Å²) in [6.07, 6.45) is 0.723. The molecule has 0 fully saturated rings. The topological polar surface area (TPSA) is 92.9 Å². The fourth-order valence-corrected chi connectivity index (χ4v) is 1.44. The van der Waals surface area contributed by atoms with Crippen molar-refractivity contribution >= 4 is 17.5 Å². The summed E-state index contributed by atoms with van der Waals surface area (Å²) in [4.78, 5) is 20.1. The molecule has 1 amide bonds. The zero-order valence-corrected chi connectivity index (χ0v) is 11.6. The summed E-state index contributed by atoms with van der Waals surface area (Å²) in [6, 6.07) is 0. The van der Waals surface area contributed by atoms with E-state index in [0.29, 0.717) is 11.6 Å². The molecule has 0 bridgehead atoms. The van der Waals surface area contributed by atoms with Crippen LogP contribution in [0.5, 0.6) is 0 Å². The third-order valence-electron chi connectivity index (χ3n) is 2.79. The van der Waals surface area contributed by atoms with Crippen LogP contribution in [0.25, 0.3) is 0 Å². The third kappa shape index (κ3) is 2.88. The monoisotopic (exact) mass is 251 g/mol. The number of hydrogen-bond donors (Lipinski definition) is 3. The van der Waals surface area contributed by atoms with Crippen molar-refractivity contribution in [2.24, 2.45) is 5.73 Å². The van der Waals surface area contributed by atoms with Crippen LogP contribution in [-0.4, -0.2) is 28.5 Å². The van der Waals surface area contributed by atoms with Crippen LogP contribution in [0.3, 0.4) is 0 Å². The summed E-state index contributed by atoms with van der Waals surface area (Å²) in [5.41, 5.74) is 5.36. The predicted molar refractivity (Wildman–Crippen MR) is 72.6 cm³/mol. The summed E-state index contributed by atoms with van der Waals surface area (Å²) in [5.74, 6) is 1.68. The van der Waals surface area contributed by atoms with E-state index in [4.69, 9.17) is 5.73 Å². The van der Waals surface area contributed by atoms with Gasteiger partial charge in [-0.3, -0.25) is 4.79 Å². The van der Waals surface area contributed by atoms with Crippen LogP contribution in [0.4, 0.5) is 11.6 Å². The second kappa shape index (κ2) is 5.20. The van der Waals surface area contributed by atoms with Crippen LogP contribution in [0, 0.1) is 6.92 Å². The van der Waals surface area contributed by atoms with E-state index in [1.165, 1.54) is 0 Å². The fourth-order valence-electron chi connectivity index (χ4n) is 1.44. The molecule has 1 heterocycles. The van der Waals surface area contributed by atoms with E-state index in [2.05, 4.69) is 20.6 Å². The lowest BCUT2D eigenvalue weighted by molar-refractivity contribution is -0.121. The Labute approximate surface area is 107 Å². The Morgan fingerprint density at radius 2 is 1.89 bits per heavy atom. The third-order valence-corrected chi connectivity index (χ3v) is 2.79. The number of carbonyl (C=O) groups excluding carboxylic acids is 1. The first kappa shape index (κ1) is 14.2. The molecule has 0 aromatic carbocycles. The second-order valence-electron chi connectivity index (χ2n) is 4.68. The van der Waals surface area contributed by atoms with Crippen LogP contribution in [0.1, 0.15) is 32.2 Å². The summed E-state index contributed by atoms with van der Waals surface area (Å²) in [6.45, 7) is 7.32. The molecule has 18 heavy (non-hydrogen) atoms. The number of nitrogens with zero attached hydrogens (tertiary/aromatic N) is 2. The molecule has 1 aromatic heterocycles. The normalized spacial score (nSPS) is 11.2. The number of amides is 1. The highest BCUT2D eigenvalue weighted by Gasteiger charge is 2.26. The maximum Gasteiger partial charge on any atom is 0.242 e. The van der Waals surface area contributed by atoms with Crippen molar-refractivity contribution in [2.45, 2.75) is 39.7 Å². The van der Waals surface area contributed by atoms with E-state index in [1.54, 1.807) is 20.9 Å². The Kier molecular flexibility index (Phi) is 4.11. The molecule has 0 aliphatic carbocycles. The molecule has 100 valence electrons. The number of aromatic nitrogens is 2. The average molecular weight is 251 g/mol. The van der Waals surface area contributed by atoms with Crippen LogP contribution >= 0.6 is 0 Å². The number of hydrogen-bond acceptors (Lipinski definition) is 5. The van der Waals surface area contributed by atoms with Crippen molar-refractivity contribution in [2.75, 3.05) is 17.7 Å². The molecule has 4 N–H and O–H groups in total. The highest BCUT2D eigenvalue weighted by molar-refractivity contribution is 5.87. The van der Waals surface area contributed by atoms with Gasteiger partial charge in [0, 0.05) is 19.0 Å². The second-order valence-corrected chi connectivity index (χ2v) is 4.68. The van der Waals surface area contributed by atoms with Gasteiger partial charge in [0.25, 0.3) is 0 Å². The number of nitrogens with two attached hydrogens (primary N) is 1. The Morgan fingerprint density at radius 3 is 2.33 bits per heavy atom. The predicted octanol–water partition coefficient (Wildman–Crippen LogP) is 1.06. The Hall–Kier alpha value is -1.85. The van der Waals surface area contributed by atoms with Crippen molar-refractivity contribution < 1.29 is 4.79 Å². The highest BCUT2D eigenvalue weighted by atomic mass is 16.1. The largest absolute Gasteiger partial charge is 0.373 e. The van der Waals surface area contributed by atoms with Crippen LogP contribution < -0.4 is 16.4 Å². The quantitative estimate of drug-likeness (QED) is 0.727. The first-order chi connectivity index (χ1) is 8.31. The van der Waals surface area contributed by atoms with E-state index in [-0.39, 0.29) is 0 Å². The van der Waals surface area contributed by atoms with Gasteiger partial charge in [-0.2, -0.15) is 0 Å². The van der Waals surface area contributed by atoms with Crippen LogP contribution in [0.15, 0.2) is 0 Å². The smallest absolute Gasteiger partial charge is 0.242 e. The first-order valence-electron chi connectivity index (χ1n) is 5.95. The molecule has 0 saturated heterocycles. The Balaban J connectivity index is 3.19. The van der Waals surface area contributed by atoms with Gasteiger partial charge in [-0.1, -0.05) is 6.92 Å². The molecule has 1 rings (SSSR count). The molecule has 6 nitrogen and oxygen atoms in total. The maximum atomic E-state index is 11.3. The van der Waals surface area contributed by atoms with Crippen LogP contribution in [-0.2, 0) is 11.2 Å². The minimum Gasteiger partial charge on any atom is -0.373 e. The summed E-state index contributed by atoms with van der Waals surface area (Å²) in [7, 11) is 1.80. The van der Waals surface area contributed by atoms with E-state index in [0.717, 1.165) is 17.8 Å². The minimum atomic E-state index is -0.852. The fraction of sp³-hybridized carbons (Fsp3) is 0.583. The molecule has 0 atom stereocenters. The van der Waals surface area contributed by atoms with Crippen molar-refractivity contribution in [3.63, 3.8) is 0 Å². The maximum absolute atomic E-state index is 11.3. The van der Waals surface area contributed by atoms with Gasteiger partial charge in [-0.15, -0.1) is 0 Å². The number of anilines is 2. The SMILES string of the molecule is CCc1nc(NC)c(C)c(NC(C)(C)C(N)=O)n1. The number of aryl methyl sites for hydroxylation is 1. The van der Waals surface area contributed by atoms with Crippen LogP contribution in [0.2, 0.25) is 0 Å². The molecule has 0 aliphatic heterocycles. The van der Waals surface area contributed by atoms with Gasteiger partial charge >= 0.3 is 0 Å². The Bertz CT molecular complexity index is 456. The standard InChI is InChI=1S/C12H21N5O/c1-6-8-15-9(14-5)7(2)10(16-8)17-12(3,4)11(13)18/h6H2,1-5H3,(H2,13,18)(H2,14,15,16,17). The molecule has 0 aliphatic rings. The molecule has 1 aromatic rings. The zero-order valence-electron chi connectivity index (χ0n) is 11.6. The lowest BCUT2D eigenvalue weighted by Gasteiger charge is -2.24. The number of rotatable bonds is 5. The van der Waals surface area contributed by atoms with Gasteiger partial charge in [-0.25, -0.2) is 9.97 Å². The highest BCUT2D eigenvalue weighted by Crippen LogP contribution is 2.22. The van der Waals surface area contributed by atoms with Crippen molar-refractivity contribution in [3.8, 4) is 0 Å². The summed E-state index contributed by atoms with van der Waals surface area (Å²) < 4.78 is 0. The lowest BCUT2D eigenvalue weighted by Crippen LogP contribution is -2.45. The van der Waals surface area contributed by atoms with Crippen molar-refractivity contribution in [1.82, 2.24) is 9.97 Å². The number of carbonyl (C=O) groups is 1. The van der Waals surface area contributed by atoms with Gasteiger partial charge in [-0.05, 0) is 20.8 Å². The minimum absolute atomic E-state index is 0.426. The molecule has 0 unspecified atom stereocenters. The van der Waals surface area contributed by atoms with E-state index < -0.39 is 11.4 Å². The molecular weight excluding hydrogens is 230 g/mol. The number of nitrogens with one attached hydrogen (secondary N) is 2. The molecule has 0 spiro atoms. The lowest BCUT2D eigenvalue weighted by atomic mass is 10.0. The average Bonchev–Trinajstić information content (AvgIpc) is 2.31. The summed E-state index contributed by atoms with van der Waals surface area (Å²) in [5, 5.41) is 6.09. The summed E-state index contributed by atoms with van der Waals surface area (Å²) >= 11 is 0. The molecule has 6 heteroatoms. The van der Waals surface area contributed by atoms with Crippen molar-refractivity contribution in [1.29, 1.82) is 0 Å². The van der Waals surface area contributed by atoms with Gasteiger partial charge in [0.2, 0.25) is 5.91 Å². The van der Waals surface area contributed by atoms with E-state index in [1.807, 2.05) is 13.8 Å². The van der Waals surface area contributed by atoms with Gasteiger partial charge in [0.1, 0.15) is 23.0 Å². The van der Waals surface area contributed by atoms with Gasteiger partial charge in [0.15, 0.2) is 0 Å². The van der Waals surface area contributed by atoms with Gasteiger partial charge in [0.05, 0.1) is 0 Å². The van der Waals surface area contributed by atoms with E-state index >= 15 is 0 Å². The first-order valence-corrected chi connectivity index (χ1v) is 5.95.